The van der Waals surface area contributed by atoms with Gasteiger partial charge in [0.25, 0.3) is 5.91 Å². The topological polar surface area (TPSA) is 118 Å². The van der Waals surface area contributed by atoms with Gasteiger partial charge in [-0.1, -0.05) is 13.8 Å². The maximum Gasteiger partial charge on any atom is 0.307 e. The molecule has 1 fully saturated rings. The van der Waals surface area contributed by atoms with E-state index in [-0.39, 0.29) is 37.6 Å². The molecule has 0 saturated carbocycles. The molecule has 0 aliphatic carbocycles. The molecule has 1 aliphatic heterocycles. The van der Waals surface area contributed by atoms with E-state index in [0.717, 1.165) is 0 Å². The highest BCUT2D eigenvalue weighted by Gasteiger charge is 2.32. The minimum Gasteiger partial charge on any atom is -0.485 e. The molecule has 0 radical (unpaired) electrons. The molecule has 0 bridgehead atoms. The number of halogens is 4. The highest BCUT2D eigenvalue weighted by molar-refractivity contribution is 5.94. The Morgan fingerprint density at radius 1 is 1.10 bits per heavy atom. The molecule has 1 saturated heterocycles. The molecular formula is C27H31F4N3O6. The van der Waals surface area contributed by atoms with E-state index in [1.807, 2.05) is 13.8 Å². The molecule has 1 aromatic heterocycles. The summed E-state index contributed by atoms with van der Waals surface area (Å²) in [5.41, 5.74) is 0.416. The number of hydrogen-bond donors (Lipinski definition) is 2. The van der Waals surface area contributed by atoms with Gasteiger partial charge >= 0.3 is 5.97 Å². The molecule has 2 N–H and O–H groups in total. The van der Waals surface area contributed by atoms with E-state index in [0.29, 0.717) is 18.4 Å². The number of amides is 2. The zero-order valence-electron chi connectivity index (χ0n) is 22.0. The van der Waals surface area contributed by atoms with Crippen molar-refractivity contribution in [3.8, 4) is 5.75 Å². The van der Waals surface area contributed by atoms with Crippen LogP contribution in [0.15, 0.2) is 30.6 Å². The van der Waals surface area contributed by atoms with Gasteiger partial charge in [0.1, 0.15) is 12.7 Å². The Labute approximate surface area is 228 Å². The van der Waals surface area contributed by atoms with E-state index in [4.69, 9.17) is 9.47 Å². The van der Waals surface area contributed by atoms with E-state index in [2.05, 4.69) is 10.3 Å². The van der Waals surface area contributed by atoms with Crippen LogP contribution < -0.4 is 10.1 Å². The van der Waals surface area contributed by atoms with E-state index in [9.17, 15) is 37.1 Å². The van der Waals surface area contributed by atoms with Gasteiger partial charge in [-0.15, -0.1) is 0 Å². The summed E-state index contributed by atoms with van der Waals surface area (Å²) in [7, 11) is 0. The molecule has 2 atom stereocenters. The number of rotatable bonds is 11. The Bertz CT molecular complexity index is 1170. The summed E-state index contributed by atoms with van der Waals surface area (Å²) < 4.78 is 64.9. The first-order chi connectivity index (χ1) is 19.0. The Balaban J connectivity index is 1.64. The number of carbonyl (C=O) groups is 3. The number of carbonyl (C=O) groups excluding carboxylic acids is 3. The second-order valence-corrected chi connectivity index (χ2v) is 9.88. The largest absolute Gasteiger partial charge is 0.485 e. The lowest BCUT2D eigenvalue weighted by Crippen LogP contribution is -2.51. The number of ether oxygens (including phenoxy) is 2. The lowest BCUT2D eigenvalue weighted by atomic mass is 9.94. The standard InChI is InChI=1S/C27H31F4N3O6/c1-15(2)13-39-22(36)11-20(21(35)14-40-25-23(30)18(28)10-19(29)24(25)31)33-26(37)16-5-8-34(9-6-16)27(38)17-4-3-7-32-12-17/h3-4,7,10,12,15-16,20-21,35H,5-6,8-9,11,13-14H2,1-2H3,(H,33,37)/t20-,21?/m0/s1. The smallest absolute Gasteiger partial charge is 0.307 e. The Hall–Kier alpha value is -3.74. The molecule has 40 heavy (non-hydrogen) atoms. The summed E-state index contributed by atoms with van der Waals surface area (Å²) in [5, 5.41) is 13.2. The van der Waals surface area contributed by atoms with Gasteiger partial charge in [-0.05, 0) is 30.9 Å². The molecule has 2 aromatic rings. The van der Waals surface area contributed by atoms with E-state index in [1.165, 1.54) is 6.20 Å². The van der Waals surface area contributed by atoms with E-state index < -0.39 is 72.0 Å². The van der Waals surface area contributed by atoms with E-state index in [1.54, 1.807) is 23.2 Å². The van der Waals surface area contributed by atoms with E-state index >= 15 is 0 Å². The van der Waals surface area contributed by atoms with Crippen LogP contribution in [0.25, 0.3) is 0 Å². The van der Waals surface area contributed by atoms with Crippen LogP contribution in [0, 0.1) is 35.1 Å². The number of esters is 1. The Morgan fingerprint density at radius 2 is 1.75 bits per heavy atom. The first kappa shape index (κ1) is 30.8. The molecular weight excluding hydrogens is 538 g/mol. The van der Waals surface area contributed by atoms with Crippen molar-refractivity contribution in [2.24, 2.45) is 11.8 Å². The number of aromatic nitrogens is 1. The number of piperidine rings is 1. The van der Waals surface area contributed by atoms with Crippen LogP contribution in [0.1, 0.15) is 43.5 Å². The third-order valence-corrected chi connectivity index (χ3v) is 6.29. The van der Waals surface area contributed by atoms with Crippen molar-refractivity contribution < 1.29 is 46.5 Å². The fourth-order valence-corrected chi connectivity index (χ4v) is 4.06. The molecule has 1 unspecified atom stereocenters. The van der Waals surface area contributed by atoms with Gasteiger partial charge in [0.2, 0.25) is 17.5 Å². The molecule has 2 heterocycles. The average molecular weight is 570 g/mol. The molecule has 3 rings (SSSR count). The van der Waals surface area contributed by atoms with Gasteiger partial charge in [-0.2, -0.15) is 8.78 Å². The van der Waals surface area contributed by atoms with Crippen molar-refractivity contribution >= 4 is 17.8 Å². The SMILES string of the molecule is CC(C)COC(=O)C[C@H](NC(=O)C1CCN(C(=O)c2cccnc2)CC1)C(O)COc1c(F)c(F)cc(F)c1F. The van der Waals surface area contributed by atoms with Crippen molar-refractivity contribution in [2.75, 3.05) is 26.3 Å². The lowest BCUT2D eigenvalue weighted by molar-refractivity contribution is -0.146. The summed E-state index contributed by atoms with van der Waals surface area (Å²) in [4.78, 5) is 43.5. The summed E-state index contributed by atoms with van der Waals surface area (Å²) in [6.45, 7) is 3.35. The fraction of sp³-hybridized carbons (Fsp3) is 0.481. The molecule has 2 amide bonds. The van der Waals surface area contributed by atoms with Crippen molar-refractivity contribution in [3.05, 3.63) is 59.4 Å². The normalized spacial score (nSPS) is 15.4. The van der Waals surface area contributed by atoms with Gasteiger partial charge in [-0.25, -0.2) is 8.78 Å². The third kappa shape index (κ3) is 8.13. The van der Waals surface area contributed by atoms with Crippen molar-refractivity contribution in [3.63, 3.8) is 0 Å². The first-order valence-electron chi connectivity index (χ1n) is 12.8. The van der Waals surface area contributed by atoms with Crippen LogP contribution in [0.2, 0.25) is 0 Å². The zero-order chi connectivity index (χ0) is 29.4. The number of likely N-dealkylation sites (tertiary alicyclic amines) is 1. The van der Waals surface area contributed by atoms with Gasteiger partial charge in [-0.3, -0.25) is 19.4 Å². The van der Waals surface area contributed by atoms with Gasteiger partial charge in [0.15, 0.2) is 17.4 Å². The maximum atomic E-state index is 14.0. The van der Waals surface area contributed by atoms with Crippen molar-refractivity contribution in [1.82, 2.24) is 15.2 Å². The molecule has 1 aromatic carbocycles. The highest BCUT2D eigenvalue weighted by Crippen LogP contribution is 2.27. The number of pyridine rings is 1. The van der Waals surface area contributed by atoms with Crippen LogP contribution >= 0.6 is 0 Å². The lowest BCUT2D eigenvalue weighted by Gasteiger charge is -2.32. The summed E-state index contributed by atoms with van der Waals surface area (Å²) in [6, 6.07) is 1.97. The summed E-state index contributed by atoms with van der Waals surface area (Å²) in [6.07, 6.45) is 1.37. The van der Waals surface area contributed by atoms with Gasteiger partial charge < -0.3 is 24.8 Å². The van der Waals surface area contributed by atoms with Gasteiger partial charge in [0.05, 0.1) is 24.6 Å². The first-order valence-corrected chi connectivity index (χ1v) is 12.8. The van der Waals surface area contributed by atoms with Crippen molar-refractivity contribution in [1.29, 1.82) is 0 Å². The van der Waals surface area contributed by atoms with Crippen LogP contribution in [-0.2, 0) is 14.3 Å². The predicted molar refractivity (Wildman–Crippen MR) is 133 cm³/mol. The third-order valence-electron chi connectivity index (χ3n) is 6.29. The Kier molecular flexibility index (Phi) is 10.8. The predicted octanol–water partition coefficient (Wildman–Crippen LogP) is 3.00. The zero-order valence-corrected chi connectivity index (χ0v) is 22.0. The van der Waals surface area contributed by atoms with Crippen LogP contribution in [-0.4, -0.2) is 71.2 Å². The minimum atomic E-state index is -1.80. The molecule has 9 nitrogen and oxygen atoms in total. The molecule has 0 spiro atoms. The number of aliphatic hydroxyl groups excluding tert-OH is 1. The van der Waals surface area contributed by atoms with Crippen LogP contribution in [0.5, 0.6) is 5.75 Å². The van der Waals surface area contributed by atoms with Crippen molar-refractivity contribution in [2.45, 2.75) is 45.3 Å². The minimum absolute atomic E-state index is 0.0112. The average Bonchev–Trinajstić information content (AvgIpc) is 2.94. The monoisotopic (exact) mass is 569 g/mol. The number of nitrogens with one attached hydrogen (secondary N) is 1. The second kappa shape index (κ2) is 14.1. The fourth-order valence-electron chi connectivity index (χ4n) is 4.06. The second-order valence-electron chi connectivity index (χ2n) is 9.88. The summed E-state index contributed by atoms with van der Waals surface area (Å²) >= 11 is 0. The van der Waals surface area contributed by atoms with Crippen LogP contribution in [0.4, 0.5) is 17.6 Å². The number of nitrogens with zero attached hydrogens (tertiary/aromatic N) is 2. The Morgan fingerprint density at radius 3 is 2.33 bits per heavy atom. The number of benzene rings is 1. The maximum absolute atomic E-state index is 14.0. The molecule has 1 aliphatic rings. The number of hydrogen-bond acceptors (Lipinski definition) is 7. The number of aliphatic hydroxyl groups is 1. The molecule has 218 valence electrons. The van der Waals surface area contributed by atoms with Gasteiger partial charge in [0, 0.05) is 37.5 Å². The quantitative estimate of drug-likeness (QED) is 0.243. The molecule has 13 heteroatoms. The van der Waals surface area contributed by atoms with Crippen LogP contribution in [0.3, 0.4) is 0 Å². The summed E-state index contributed by atoms with van der Waals surface area (Å²) in [5.74, 6) is -10.4. The highest BCUT2D eigenvalue weighted by atomic mass is 19.2.